The Morgan fingerprint density at radius 1 is 1.32 bits per heavy atom. The van der Waals surface area contributed by atoms with Gasteiger partial charge in [0.05, 0.1) is 6.61 Å². The molecule has 1 saturated heterocycles. The summed E-state index contributed by atoms with van der Waals surface area (Å²) >= 11 is 0. The molecule has 1 aliphatic rings. The summed E-state index contributed by atoms with van der Waals surface area (Å²) in [4.78, 5) is 30.8. The average Bonchev–Trinajstić information content (AvgIpc) is 3.10. The van der Waals surface area contributed by atoms with E-state index in [4.69, 9.17) is 4.74 Å². The van der Waals surface area contributed by atoms with E-state index in [1.165, 1.54) is 10.6 Å². The van der Waals surface area contributed by atoms with Gasteiger partial charge in [0.25, 0.3) is 5.56 Å². The third-order valence-electron chi connectivity index (χ3n) is 4.63. The van der Waals surface area contributed by atoms with Crippen LogP contribution < -0.4 is 5.56 Å². The topological polar surface area (TPSA) is 69.4 Å². The molecule has 0 aliphatic carbocycles. The zero-order valence-electron chi connectivity index (χ0n) is 14.5. The fourth-order valence-electron chi connectivity index (χ4n) is 3.31. The average molecular weight is 344 g/mol. The quantitative estimate of drug-likeness (QED) is 0.787. The van der Waals surface area contributed by atoms with Crippen LogP contribution in [0.2, 0.25) is 0 Å². The van der Waals surface area contributed by atoms with Gasteiger partial charge in [-0.2, -0.15) is 0 Å². The van der Waals surface area contributed by atoms with Crippen molar-refractivity contribution >= 4 is 5.91 Å². The molecule has 0 spiro atoms. The summed E-state index contributed by atoms with van der Waals surface area (Å²) in [5.74, 6) is 1.21. The molecule has 1 amide bonds. The van der Waals surface area contributed by atoms with Gasteiger partial charge in [0, 0.05) is 57.3 Å². The number of likely N-dealkylation sites (tertiary alicyclic amines) is 1. The van der Waals surface area contributed by atoms with Crippen molar-refractivity contribution in [3.05, 3.63) is 53.0 Å². The van der Waals surface area contributed by atoms with E-state index in [0.717, 1.165) is 31.8 Å². The van der Waals surface area contributed by atoms with Crippen LogP contribution in [0.3, 0.4) is 0 Å². The van der Waals surface area contributed by atoms with Gasteiger partial charge in [-0.15, -0.1) is 0 Å². The molecule has 134 valence electrons. The van der Waals surface area contributed by atoms with E-state index in [0.29, 0.717) is 13.2 Å². The standard InChI is InChI=1S/C18H24N4O3/c1-25-12-11-20-10-7-19-18(20)15-5-4-9-21(13-15)17(24)14-22-8-3-2-6-16(22)23/h2-3,6-8,10,15H,4-5,9,11-14H2,1H3/t15-/m1/s1. The highest BCUT2D eigenvalue weighted by atomic mass is 16.5. The lowest BCUT2D eigenvalue weighted by Crippen LogP contribution is -2.42. The number of nitrogens with zero attached hydrogens (tertiary/aromatic N) is 4. The molecule has 0 unspecified atom stereocenters. The first kappa shape index (κ1) is 17.4. The van der Waals surface area contributed by atoms with E-state index in [9.17, 15) is 9.59 Å². The van der Waals surface area contributed by atoms with Gasteiger partial charge in [-0.3, -0.25) is 9.59 Å². The minimum absolute atomic E-state index is 0.0204. The predicted octanol–water partition coefficient (Wildman–Crippen LogP) is 1.10. The molecule has 7 heteroatoms. The van der Waals surface area contributed by atoms with Gasteiger partial charge in [0.15, 0.2) is 0 Å². The van der Waals surface area contributed by atoms with E-state index in [1.807, 2.05) is 11.1 Å². The van der Waals surface area contributed by atoms with Gasteiger partial charge >= 0.3 is 0 Å². The summed E-state index contributed by atoms with van der Waals surface area (Å²) in [7, 11) is 1.68. The molecular weight excluding hydrogens is 320 g/mol. The molecule has 1 aliphatic heterocycles. The highest BCUT2D eigenvalue weighted by molar-refractivity contribution is 5.76. The molecule has 0 radical (unpaired) electrons. The molecular formula is C18H24N4O3. The highest BCUT2D eigenvalue weighted by Crippen LogP contribution is 2.26. The zero-order valence-corrected chi connectivity index (χ0v) is 14.5. The lowest BCUT2D eigenvalue weighted by molar-refractivity contribution is -0.133. The molecule has 25 heavy (non-hydrogen) atoms. The molecule has 0 aromatic carbocycles. The lowest BCUT2D eigenvalue weighted by Gasteiger charge is -2.33. The van der Waals surface area contributed by atoms with Crippen LogP contribution in [-0.4, -0.2) is 51.7 Å². The summed E-state index contributed by atoms with van der Waals surface area (Å²) in [6.07, 6.45) is 7.36. The summed E-state index contributed by atoms with van der Waals surface area (Å²) in [6, 6.07) is 4.92. The van der Waals surface area contributed by atoms with Gasteiger partial charge in [-0.05, 0) is 18.9 Å². The molecule has 1 fully saturated rings. The van der Waals surface area contributed by atoms with Crippen LogP contribution in [0.15, 0.2) is 41.6 Å². The van der Waals surface area contributed by atoms with Crippen molar-refractivity contribution in [2.75, 3.05) is 26.8 Å². The van der Waals surface area contributed by atoms with Crippen molar-refractivity contribution in [3.63, 3.8) is 0 Å². The molecule has 0 bridgehead atoms. The van der Waals surface area contributed by atoms with Crippen LogP contribution >= 0.6 is 0 Å². The Balaban J connectivity index is 1.67. The largest absolute Gasteiger partial charge is 0.383 e. The van der Waals surface area contributed by atoms with Crippen LogP contribution in [-0.2, 0) is 22.6 Å². The second kappa shape index (κ2) is 8.11. The predicted molar refractivity (Wildman–Crippen MR) is 93.4 cm³/mol. The third-order valence-corrected chi connectivity index (χ3v) is 4.63. The molecule has 0 N–H and O–H groups in total. The van der Waals surface area contributed by atoms with E-state index in [-0.39, 0.29) is 23.9 Å². The number of piperidine rings is 1. The number of carbonyl (C=O) groups excluding carboxylic acids is 1. The smallest absolute Gasteiger partial charge is 0.250 e. The van der Waals surface area contributed by atoms with Crippen LogP contribution in [0.4, 0.5) is 0 Å². The van der Waals surface area contributed by atoms with E-state index in [1.54, 1.807) is 31.6 Å². The molecule has 0 saturated carbocycles. The van der Waals surface area contributed by atoms with Crippen molar-refractivity contribution in [3.8, 4) is 0 Å². The molecule has 3 heterocycles. The maximum atomic E-state index is 12.6. The van der Waals surface area contributed by atoms with Crippen molar-refractivity contribution in [2.45, 2.75) is 31.8 Å². The summed E-state index contributed by atoms with van der Waals surface area (Å²) < 4.78 is 8.70. The van der Waals surface area contributed by atoms with E-state index < -0.39 is 0 Å². The van der Waals surface area contributed by atoms with Gasteiger partial charge in [-0.1, -0.05) is 6.07 Å². The van der Waals surface area contributed by atoms with Crippen molar-refractivity contribution in [1.82, 2.24) is 19.0 Å². The maximum absolute atomic E-state index is 12.6. The summed E-state index contributed by atoms with van der Waals surface area (Å²) in [5.41, 5.74) is -0.153. The Labute approximate surface area is 146 Å². The second-order valence-corrected chi connectivity index (χ2v) is 6.32. The number of amides is 1. The number of carbonyl (C=O) groups is 1. The monoisotopic (exact) mass is 344 g/mol. The summed E-state index contributed by atoms with van der Waals surface area (Å²) in [6.45, 7) is 2.86. The van der Waals surface area contributed by atoms with Gasteiger partial charge < -0.3 is 18.8 Å². The minimum Gasteiger partial charge on any atom is -0.383 e. The minimum atomic E-state index is -0.153. The Morgan fingerprint density at radius 3 is 3.00 bits per heavy atom. The maximum Gasteiger partial charge on any atom is 0.250 e. The first-order chi connectivity index (χ1) is 12.2. The molecule has 1 atom stereocenters. The van der Waals surface area contributed by atoms with Crippen molar-refractivity contribution in [2.24, 2.45) is 0 Å². The normalized spacial score (nSPS) is 17.6. The summed E-state index contributed by atoms with van der Waals surface area (Å²) in [5, 5.41) is 0. The van der Waals surface area contributed by atoms with Crippen LogP contribution in [0.5, 0.6) is 0 Å². The van der Waals surface area contributed by atoms with Crippen molar-refractivity contribution < 1.29 is 9.53 Å². The number of hydrogen-bond donors (Lipinski definition) is 0. The van der Waals surface area contributed by atoms with Crippen molar-refractivity contribution in [1.29, 1.82) is 0 Å². The number of methoxy groups -OCH3 is 1. The molecule has 2 aromatic rings. The Hall–Kier alpha value is -2.41. The number of hydrogen-bond acceptors (Lipinski definition) is 4. The fraction of sp³-hybridized carbons (Fsp3) is 0.500. The van der Waals surface area contributed by atoms with Crippen LogP contribution in [0.1, 0.15) is 24.6 Å². The first-order valence-corrected chi connectivity index (χ1v) is 8.62. The fourth-order valence-corrected chi connectivity index (χ4v) is 3.31. The molecule has 3 rings (SSSR count). The van der Waals surface area contributed by atoms with Crippen LogP contribution in [0.25, 0.3) is 0 Å². The highest BCUT2D eigenvalue weighted by Gasteiger charge is 2.27. The number of rotatable bonds is 6. The number of aromatic nitrogens is 3. The van der Waals surface area contributed by atoms with Crippen LogP contribution in [0, 0.1) is 0 Å². The van der Waals surface area contributed by atoms with E-state index >= 15 is 0 Å². The Kier molecular flexibility index (Phi) is 5.65. The Bertz CT molecular complexity index is 767. The first-order valence-electron chi connectivity index (χ1n) is 8.62. The zero-order chi connectivity index (χ0) is 17.6. The van der Waals surface area contributed by atoms with Gasteiger partial charge in [-0.25, -0.2) is 4.98 Å². The Morgan fingerprint density at radius 2 is 2.20 bits per heavy atom. The van der Waals surface area contributed by atoms with E-state index in [2.05, 4.69) is 9.55 Å². The molecule has 2 aromatic heterocycles. The molecule has 7 nitrogen and oxygen atoms in total. The second-order valence-electron chi connectivity index (χ2n) is 6.32. The van der Waals surface area contributed by atoms with Gasteiger partial charge in [0.2, 0.25) is 5.91 Å². The van der Waals surface area contributed by atoms with Gasteiger partial charge in [0.1, 0.15) is 12.4 Å². The number of ether oxygens (including phenoxy) is 1. The third kappa shape index (κ3) is 4.17. The number of pyridine rings is 1. The number of imidazole rings is 1. The lowest BCUT2D eigenvalue weighted by atomic mass is 9.97. The SMILES string of the molecule is COCCn1ccnc1[C@@H]1CCCN(C(=O)Cn2ccccc2=O)C1.